The summed E-state index contributed by atoms with van der Waals surface area (Å²) in [5, 5.41) is 0.565. The molecule has 4 heteroatoms. The van der Waals surface area contributed by atoms with Gasteiger partial charge < -0.3 is 10.5 Å². The Morgan fingerprint density at radius 2 is 1.77 bits per heavy atom. The van der Waals surface area contributed by atoms with Crippen molar-refractivity contribution in [2.75, 3.05) is 5.73 Å². The normalized spacial score (nSPS) is 14.8. The molecule has 3 aromatic rings. The zero-order valence-electron chi connectivity index (χ0n) is 15.5. The fourth-order valence-electron chi connectivity index (χ4n) is 3.20. The summed E-state index contributed by atoms with van der Waals surface area (Å²) in [5.41, 5.74) is 12.3. The number of nitrogen functional groups attached to an aromatic ring is 1. The van der Waals surface area contributed by atoms with E-state index in [-0.39, 0.29) is 5.60 Å². The summed E-state index contributed by atoms with van der Waals surface area (Å²) in [7, 11) is 0. The molecule has 0 atom stereocenters. The van der Waals surface area contributed by atoms with Crippen molar-refractivity contribution in [2.45, 2.75) is 33.3 Å². The van der Waals surface area contributed by atoms with Crippen LogP contribution in [0, 0.1) is 13.8 Å². The number of ether oxygens (including phenoxy) is 1. The van der Waals surface area contributed by atoms with Crippen LogP contribution in [0.15, 0.2) is 42.5 Å². The van der Waals surface area contributed by atoms with Crippen molar-refractivity contribution in [2.24, 2.45) is 0 Å². The van der Waals surface area contributed by atoms with Crippen LogP contribution in [-0.4, -0.2) is 10.6 Å². The summed E-state index contributed by atoms with van der Waals surface area (Å²) in [6.07, 6.45) is 4.25. The number of rotatable bonds is 2. The minimum absolute atomic E-state index is 0.346. The third kappa shape index (κ3) is 2.90. The van der Waals surface area contributed by atoms with E-state index in [9.17, 15) is 0 Å². The first kappa shape index (κ1) is 16.9. The Hall–Kier alpha value is -2.59. The zero-order chi connectivity index (χ0) is 18.5. The molecular formula is C22H22N2OS. The number of hydrogen-bond donors (Lipinski definition) is 1. The van der Waals surface area contributed by atoms with E-state index in [2.05, 4.69) is 81.2 Å². The molecule has 1 aliphatic rings. The standard InChI is InChI=1S/C22H22N2OS/c1-13-5-8-15(9-6-13)20-18(24-21(23)26-20)17-10-7-14(2)16-11-12-22(3,4)25-19(16)17/h5-12H,1-4H3,(H2,23,24). The molecule has 1 aromatic heterocycles. The first-order valence-corrected chi connectivity index (χ1v) is 9.51. The molecule has 2 heterocycles. The highest BCUT2D eigenvalue weighted by Gasteiger charge is 2.27. The van der Waals surface area contributed by atoms with E-state index in [0.29, 0.717) is 5.13 Å². The van der Waals surface area contributed by atoms with Crippen LogP contribution in [0.25, 0.3) is 27.8 Å². The number of aryl methyl sites for hydroxylation is 2. The van der Waals surface area contributed by atoms with Crippen LogP contribution >= 0.6 is 11.3 Å². The number of nitrogens with two attached hydrogens (primary N) is 1. The van der Waals surface area contributed by atoms with E-state index in [0.717, 1.165) is 33.0 Å². The largest absolute Gasteiger partial charge is 0.482 e. The van der Waals surface area contributed by atoms with Gasteiger partial charge >= 0.3 is 0 Å². The summed E-state index contributed by atoms with van der Waals surface area (Å²) >= 11 is 1.52. The van der Waals surface area contributed by atoms with Gasteiger partial charge in [0, 0.05) is 11.1 Å². The van der Waals surface area contributed by atoms with Crippen LogP contribution in [0.1, 0.15) is 30.5 Å². The summed E-state index contributed by atoms with van der Waals surface area (Å²) in [5.74, 6) is 0.885. The van der Waals surface area contributed by atoms with E-state index in [1.165, 1.54) is 22.5 Å². The average Bonchev–Trinajstić information content (AvgIpc) is 2.96. The third-order valence-corrected chi connectivity index (χ3v) is 5.58. The lowest BCUT2D eigenvalue weighted by molar-refractivity contribution is 0.160. The van der Waals surface area contributed by atoms with Gasteiger partial charge in [-0.1, -0.05) is 53.3 Å². The van der Waals surface area contributed by atoms with Crippen molar-refractivity contribution >= 4 is 22.5 Å². The molecule has 0 amide bonds. The fourth-order valence-corrected chi connectivity index (χ4v) is 4.05. The third-order valence-electron chi connectivity index (χ3n) is 4.64. The van der Waals surface area contributed by atoms with Gasteiger partial charge in [0.15, 0.2) is 5.13 Å². The molecule has 26 heavy (non-hydrogen) atoms. The van der Waals surface area contributed by atoms with Crippen molar-refractivity contribution in [3.8, 4) is 27.4 Å². The summed E-state index contributed by atoms with van der Waals surface area (Å²) < 4.78 is 6.34. The maximum absolute atomic E-state index is 6.34. The SMILES string of the molecule is Cc1ccc(-c2sc(N)nc2-c2ccc(C)c3c2OC(C)(C)C=C3)cc1. The molecule has 0 bridgehead atoms. The monoisotopic (exact) mass is 362 g/mol. The Morgan fingerprint density at radius 1 is 1.04 bits per heavy atom. The van der Waals surface area contributed by atoms with Crippen LogP contribution in [0.2, 0.25) is 0 Å². The molecule has 0 saturated carbocycles. The summed E-state index contributed by atoms with van der Waals surface area (Å²) in [4.78, 5) is 5.73. The van der Waals surface area contributed by atoms with E-state index in [1.807, 2.05) is 0 Å². The highest BCUT2D eigenvalue weighted by atomic mass is 32.1. The van der Waals surface area contributed by atoms with E-state index in [1.54, 1.807) is 0 Å². The number of thiazole rings is 1. The zero-order valence-corrected chi connectivity index (χ0v) is 16.3. The van der Waals surface area contributed by atoms with Gasteiger partial charge in [0.2, 0.25) is 0 Å². The van der Waals surface area contributed by atoms with Gasteiger partial charge in [0.1, 0.15) is 11.4 Å². The second-order valence-corrected chi connectivity index (χ2v) is 8.34. The first-order chi connectivity index (χ1) is 12.3. The van der Waals surface area contributed by atoms with Crippen LogP contribution in [0.3, 0.4) is 0 Å². The molecule has 132 valence electrons. The Balaban J connectivity index is 1.93. The Morgan fingerprint density at radius 3 is 2.50 bits per heavy atom. The number of hydrogen-bond acceptors (Lipinski definition) is 4. The molecule has 2 N–H and O–H groups in total. The maximum Gasteiger partial charge on any atom is 0.181 e. The molecule has 0 fully saturated rings. The molecule has 1 aliphatic heterocycles. The van der Waals surface area contributed by atoms with Crippen molar-refractivity contribution in [3.63, 3.8) is 0 Å². The van der Waals surface area contributed by atoms with Crippen molar-refractivity contribution < 1.29 is 4.74 Å². The molecule has 3 nitrogen and oxygen atoms in total. The Labute approximate surface area is 158 Å². The van der Waals surface area contributed by atoms with E-state index in [4.69, 9.17) is 10.5 Å². The number of fused-ring (bicyclic) bond motifs is 1. The predicted molar refractivity (Wildman–Crippen MR) is 111 cm³/mol. The smallest absolute Gasteiger partial charge is 0.181 e. The van der Waals surface area contributed by atoms with E-state index >= 15 is 0 Å². The van der Waals surface area contributed by atoms with Gasteiger partial charge in [-0.15, -0.1) is 0 Å². The molecule has 0 spiro atoms. The molecule has 0 saturated heterocycles. The predicted octanol–water partition coefficient (Wildman–Crippen LogP) is 5.86. The highest BCUT2D eigenvalue weighted by molar-refractivity contribution is 7.19. The van der Waals surface area contributed by atoms with Crippen molar-refractivity contribution in [1.82, 2.24) is 4.98 Å². The minimum Gasteiger partial charge on any atom is -0.482 e. The summed E-state index contributed by atoms with van der Waals surface area (Å²) in [6.45, 7) is 8.32. The van der Waals surface area contributed by atoms with Crippen LogP contribution in [0.4, 0.5) is 5.13 Å². The second kappa shape index (κ2) is 5.99. The molecule has 4 rings (SSSR count). The lowest BCUT2D eigenvalue weighted by Crippen LogP contribution is -2.28. The van der Waals surface area contributed by atoms with Gasteiger partial charge in [-0.25, -0.2) is 4.98 Å². The van der Waals surface area contributed by atoms with E-state index < -0.39 is 0 Å². The minimum atomic E-state index is -0.346. The van der Waals surface area contributed by atoms with Gasteiger partial charge in [-0.3, -0.25) is 0 Å². The number of nitrogens with zero attached hydrogens (tertiary/aromatic N) is 1. The Kier molecular flexibility index (Phi) is 3.88. The molecular weight excluding hydrogens is 340 g/mol. The number of aromatic nitrogens is 1. The lowest BCUT2D eigenvalue weighted by Gasteiger charge is -2.30. The van der Waals surface area contributed by atoms with Crippen LogP contribution < -0.4 is 10.5 Å². The topological polar surface area (TPSA) is 48.1 Å². The van der Waals surface area contributed by atoms with Gasteiger partial charge in [0.05, 0.1) is 10.6 Å². The molecule has 2 aromatic carbocycles. The molecule has 0 unspecified atom stereocenters. The number of benzene rings is 2. The van der Waals surface area contributed by atoms with Crippen molar-refractivity contribution in [1.29, 1.82) is 0 Å². The first-order valence-electron chi connectivity index (χ1n) is 8.70. The fraction of sp³-hybridized carbons (Fsp3) is 0.227. The van der Waals surface area contributed by atoms with Crippen molar-refractivity contribution in [3.05, 3.63) is 59.2 Å². The quantitative estimate of drug-likeness (QED) is 0.621. The van der Waals surface area contributed by atoms with Crippen LogP contribution in [0.5, 0.6) is 5.75 Å². The van der Waals surface area contributed by atoms with Gasteiger partial charge in [-0.05, 0) is 51.0 Å². The Bertz CT molecular complexity index is 1010. The maximum atomic E-state index is 6.34. The lowest BCUT2D eigenvalue weighted by atomic mass is 9.94. The average molecular weight is 362 g/mol. The second-order valence-electron chi connectivity index (χ2n) is 7.31. The van der Waals surface area contributed by atoms with Gasteiger partial charge in [0.25, 0.3) is 0 Å². The molecule has 0 aliphatic carbocycles. The van der Waals surface area contributed by atoms with Gasteiger partial charge in [-0.2, -0.15) is 0 Å². The number of anilines is 1. The summed E-state index contributed by atoms with van der Waals surface area (Å²) in [6, 6.07) is 12.7. The molecule has 0 radical (unpaired) electrons. The van der Waals surface area contributed by atoms with Crippen LogP contribution in [-0.2, 0) is 0 Å². The highest BCUT2D eigenvalue weighted by Crippen LogP contribution is 2.46.